The number of hydrogen-bond acceptors (Lipinski definition) is 5. The van der Waals surface area contributed by atoms with E-state index in [1.807, 2.05) is 13.8 Å². The van der Waals surface area contributed by atoms with Gasteiger partial charge in [-0.05, 0) is 19.4 Å². The summed E-state index contributed by atoms with van der Waals surface area (Å²) in [5.41, 5.74) is 2.06. The second-order valence-corrected chi connectivity index (χ2v) is 4.93. The van der Waals surface area contributed by atoms with Gasteiger partial charge in [0, 0.05) is 10.8 Å². The molecule has 0 aliphatic carbocycles. The Hall–Kier alpha value is -1.33. The van der Waals surface area contributed by atoms with Crippen LogP contribution in [0.3, 0.4) is 0 Å². The molecule has 0 bridgehead atoms. The summed E-state index contributed by atoms with van der Waals surface area (Å²) < 4.78 is 0.926. The number of halogens is 1. The van der Waals surface area contributed by atoms with Crippen LogP contribution in [0, 0.1) is 13.8 Å². The van der Waals surface area contributed by atoms with E-state index in [1.54, 1.807) is 6.20 Å². The SMILES string of the molecule is Cc1nnc2sc3c(Cl)nncc3c2c1C. The number of nitrogens with zero attached hydrogens (tertiary/aromatic N) is 4. The van der Waals surface area contributed by atoms with Crippen molar-refractivity contribution < 1.29 is 0 Å². The second-order valence-electron chi connectivity index (χ2n) is 3.57. The third-order valence-electron chi connectivity index (χ3n) is 2.65. The summed E-state index contributed by atoms with van der Waals surface area (Å²) in [6.45, 7) is 3.98. The molecule has 0 fully saturated rings. The van der Waals surface area contributed by atoms with Crippen LogP contribution >= 0.6 is 22.9 Å². The van der Waals surface area contributed by atoms with E-state index < -0.39 is 0 Å². The minimum Gasteiger partial charge on any atom is -0.157 e. The summed E-state index contributed by atoms with van der Waals surface area (Å²) in [4.78, 5) is 0.884. The number of rotatable bonds is 0. The van der Waals surface area contributed by atoms with Gasteiger partial charge in [-0.2, -0.15) is 10.2 Å². The van der Waals surface area contributed by atoms with Crippen LogP contribution in [-0.2, 0) is 0 Å². The van der Waals surface area contributed by atoms with Crippen molar-refractivity contribution in [2.24, 2.45) is 0 Å². The van der Waals surface area contributed by atoms with Crippen molar-refractivity contribution in [3.05, 3.63) is 22.6 Å². The summed E-state index contributed by atoms with van der Waals surface area (Å²) in [5.74, 6) is 0. The van der Waals surface area contributed by atoms with Crippen molar-refractivity contribution in [2.45, 2.75) is 13.8 Å². The third kappa shape index (κ3) is 1.22. The van der Waals surface area contributed by atoms with E-state index >= 15 is 0 Å². The number of aryl methyl sites for hydroxylation is 2. The van der Waals surface area contributed by atoms with Gasteiger partial charge >= 0.3 is 0 Å². The average Bonchev–Trinajstić information content (AvgIpc) is 2.64. The van der Waals surface area contributed by atoms with E-state index in [4.69, 9.17) is 11.6 Å². The fourth-order valence-corrected chi connectivity index (χ4v) is 2.99. The monoisotopic (exact) mass is 250 g/mol. The van der Waals surface area contributed by atoms with Gasteiger partial charge in [-0.25, -0.2) is 0 Å². The molecule has 0 amide bonds. The van der Waals surface area contributed by atoms with E-state index in [1.165, 1.54) is 11.3 Å². The van der Waals surface area contributed by atoms with Gasteiger partial charge in [0.25, 0.3) is 0 Å². The van der Waals surface area contributed by atoms with Crippen molar-refractivity contribution in [3.63, 3.8) is 0 Å². The molecule has 0 saturated heterocycles. The van der Waals surface area contributed by atoms with E-state index in [0.29, 0.717) is 5.15 Å². The van der Waals surface area contributed by atoms with Gasteiger partial charge in [0.2, 0.25) is 0 Å². The molecule has 80 valence electrons. The minimum atomic E-state index is 0.428. The first-order valence-corrected chi connectivity index (χ1v) is 5.91. The van der Waals surface area contributed by atoms with Gasteiger partial charge in [-0.1, -0.05) is 11.6 Å². The molecule has 0 spiro atoms. The normalized spacial score (nSPS) is 11.4. The number of fused-ring (bicyclic) bond motifs is 3. The van der Waals surface area contributed by atoms with Crippen LogP contribution in [0.25, 0.3) is 20.3 Å². The van der Waals surface area contributed by atoms with Crippen LogP contribution in [-0.4, -0.2) is 20.4 Å². The van der Waals surface area contributed by atoms with E-state index in [9.17, 15) is 0 Å². The maximum absolute atomic E-state index is 6.01. The van der Waals surface area contributed by atoms with Gasteiger partial charge in [0.05, 0.1) is 16.6 Å². The molecule has 4 nitrogen and oxygen atoms in total. The van der Waals surface area contributed by atoms with E-state index in [0.717, 1.165) is 31.6 Å². The van der Waals surface area contributed by atoms with E-state index in [-0.39, 0.29) is 0 Å². The zero-order chi connectivity index (χ0) is 11.3. The molecule has 0 N–H and O–H groups in total. The average molecular weight is 251 g/mol. The lowest BCUT2D eigenvalue weighted by molar-refractivity contribution is 1.01. The van der Waals surface area contributed by atoms with Gasteiger partial charge in [-0.15, -0.1) is 21.5 Å². The van der Waals surface area contributed by atoms with Crippen molar-refractivity contribution in [3.8, 4) is 0 Å². The highest BCUT2D eigenvalue weighted by Crippen LogP contribution is 2.36. The van der Waals surface area contributed by atoms with Gasteiger partial charge in [-0.3, -0.25) is 0 Å². The summed E-state index contributed by atoms with van der Waals surface area (Å²) in [7, 11) is 0. The molecule has 0 aliphatic heterocycles. The molecule has 0 atom stereocenters. The summed E-state index contributed by atoms with van der Waals surface area (Å²) in [6, 6.07) is 0. The Morgan fingerprint density at radius 1 is 1.19 bits per heavy atom. The fraction of sp³-hybridized carbons (Fsp3) is 0.200. The zero-order valence-electron chi connectivity index (χ0n) is 8.65. The first-order chi connectivity index (χ1) is 7.68. The minimum absolute atomic E-state index is 0.428. The van der Waals surface area contributed by atoms with Crippen LogP contribution in [0.5, 0.6) is 0 Å². The maximum Gasteiger partial charge on any atom is 0.169 e. The Morgan fingerprint density at radius 2 is 2.00 bits per heavy atom. The molecule has 6 heteroatoms. The van der Waals surface area contributed by atoms with Crippen LogP contribution in [0.1, 0.15) is 11.3 Å². The molecule has 3 aromatic heterocycles. The first kappa shape index (κ1) is 9.86. The largest absolute Gasteiger partial charge is 0.169 e. The topological polar surface area (TPSA) is 51.6 Å². The van der Waals surface area contributed by atoms with Crippen LogP contribution in [0.2, 0.25) is 5.15 Å². The number of aromatic nitrogens is 4. The molecule has 0 aliphatic rings. The highest BCUT2D eigenvalue weighted by molar-refractivity contribution is 7.26. The fourth-order valence-electron chi connectivity index (χ4n) is 1.70. The summed E-state index contributed by atoms with van der Waals surface area (Å²) in [5, 5.41) is 18.5. The van der Waals surface area contributed by atoms with Gasteiger partial charge in [0.15, 0.2) is 5.15 Å². The maximum atomic E-state index is 6.01. The Morgan fingerprint density at radius 3 is 2.81 bits per heavy atom. The molecule has 3 heterocycles. The molecule has 16 heavy (non-hydrogen) atoms. The molecule has 3 rings (SSSR count). The molecule has 0 radical (unpaired) electrons. The Labute approximate surface area is 100 Å². The molecule has 0 saturated carbocycles. The van der Waals surface area contributed by atoms with Crippen LogP contribution in [0.15, 0.2) is 6.20 Å². The number of hydrogen-bond donors (Lipinski definition) is 0. The van der Waals surface area contributed by atoms with Crippen molar-refractivity contribution in [1.29, 1.82) is 0 Å². The third-order valence-corrected chi connectivity index (χ3v) is 4.13. The van der Waals surface area contributed by atoms with Crippen molar-refractivity contribution in [1.82, 2.24) is 20.4 Å². The van der Waals surface area contributed by atoms with Crippen LogP contribution in [0.4, 0.5) is 0 Å². The van der Waals surface area contributed by atoms with Crippen molar-refractivity contribution >= 4 is 43.2 Å². The van der Waals surface area contributed by atoms with Crippen molar-refractivity contribution in [2.75, 3.05) is 0 Å². The lowest BCUT2D eigenvalue weighted by Gasteiger charge is -1.98. The van der Waals surface area contributed by atoms with Gasteiger partial charge in [0.1, 0.15) is 4.83 Å². The van der Waals surface area contributed by atoms with E-state index in [2.05, 4.69) is 20.4 Å². The summed E-state index contributed by atoms with van der Waals surface area (Å²) in [6.07, 6.45) is 1.73. The second kappa shape index (κ2) is 3.33. The standard InChI is InChI=1S/C10H7ClN4S/c1-4-5(2)13-15-10-7(4)6-3-12-14-9(11)8(6)16-10/h3H,1-2H3. The smallest absolute Gasteiger partial charge is 0.157 e. The van der Waals surface area contributed by atoms with Gasteiger partial charge < -0.3 is 0 Å². The predicted molar refractivity (Wildman–Crippen MR) is 65.0 cm³/mol. The quantitative estimate of drug-likeness (QED) is 0.616. The Bertz CT molecular complexity index is 707. The predicted octanol–water partition coefficient (Wildman–Crippen LogP) is 2.90. The molecular formula is C10H7ClN4S. The molecular weight excluding hydrogens is 244 g/mol. The van der Waals surface area contributed by atoms with Crippen LogP contribution < -0.4 is 0 Å². The highest BCUT2D eigenvalue weighted by atomic mass is 35.5. The first-order valence-electron chi connectivity index (χ1n) is 4.71. The zero-order valence-corrected chi connectivity index (χ0v) is 10.2. The lowest BCUT2D eigenvalue weighted by Crippen LogP contribution is -1.90. The molecule has 0 aromatic carbocycles. The number of thiophene rings is 1. The Balaban J connectivity index is 2.63. The molecule has 3 aromatic rings. The molecule has 0 unspecified atom stereocenters. The lowest BCUT2D eigenvalue weighted by atomic mass is 10.1. The highest BCUT2D eigenvalue weighted by Gasteiger charge is 2.13. The summed E-state index contributed by atoms with van der Waals surface area (Å²) >= 11 is 7.51. The Kier molecular flexibility index (Phi) is 2.05.